The van der Waals surface area contributed by atoms with Crippen LogP contribution in [0.2, 0.25) is 0 Å². The number of ether oxygens (including phenoxy) is 1. The van der Waals surface area contributed by atoms with Crippen molar-refractivity contribution < 1.29 is 7.59 Å². The minimum atomic E-state index is 0. The van der Waals surface area contributed by atoms with Crippen molar-refractivity contribution >= 4 is 23.1 Å². The maximum Gasteiger partial charge on any atom is 2.00 e. The van der Waals surface area contributed by atoms with Gasteiger partial charge in [0.2, 0.25) is 0 Å². The molecule has 0 amide bonds. The van der Waals surface area contributed by atoms with Gasteiger partial charge in [-0.2, -0.15) is 0 Å². The molecule has 2 heteroatoms. The van der Waals surface area contributed by atoms with Crippen LogP contribution < -0.4 is 4.74 Å². The Morgan fingerprint density at radius 2 is 1.90 bits per heavy atom. The van der Waals surface area contributed by atoms with Gasteiger partial charge in [-0.3, -0.25) is 0 Å². The summed E-state index contributed by atoms with van der Waals surface area (Å²) in [6.07, 6.45) is 0. The van der Waals surface area contributed by atoms with Crippen LogP contribution in [0.1, 0.15) is 8.42 Å². The molecule has 0 radical (unpaired) electrons. The zero-order chi connectivity index (χ0) is 6.69. The van der Waals surface area contributed by atoms with Gasteiger partial charge in [0.1, 0.15) is 5.75 Å². The molecule has 0 saturated heterocycles. The summed E-state index contributed by atoms with van der Waals surface area (Å²) in [7, 11) is 1.68. The van der Waals surface area contributed by atoms with E-state index in [-0.39, 0.29) is 25.9 Å². The van der Waals surface area contributed by atoms with Crippen molar-refractivity contribution in [2.24, 2.45) is 0 Å². The Kier molecular flexibility index (Phi) is 4.48. The largest absolute Gasteiger partial charge is 2.00 e. The van der Waals surface area contributed by atoms with Crippen molar-refractivity contribution in [3.8, 4) is 5.75 Å². The van der Waals surface area contributed by atoms with Crippen molar-refractivity contribution in [3.63, 3.8) is 0 Å². The quantitative estimate of drug-likeness (QED) is 0.553. The normalized spacial score (nSPS) is 8.20. The predicted molar refractivity (Wildman–Crippen MR) is 45.7 cm³/mol. The summed E-state index contributed by atoms with van der Waals surface area (Å²) < 4.78 is 5.04. The summed E-state index contributed by atoms with van der Waals surface area (Å²) >= 11 is 0. The van der Waals surface area contributed by atoms with E-state index in [9.17, 15) is 0 Å². The van der Waals surface area contributed by atoms with Gasteiger partial charge in [0, 0.05) is 0 Å². The van der Waals surface area contributed by atoms with Crippen LogP contribution in [-0.2, 0) is 0 Å². The molecule has 0 heterocycles. The van der Waals surface area contributed by atoms with Crippen molar-refractivity contribution in [2.75, 3.05) is 7.11 Å². The first kappa shape index (κ1) is 9.79. The standard InChI is InChI=1S/C8H10O.Mg.2H/c1-7-5-3-4-6-8(7)9-2;;;/h3-6H,1-2H3;;;/q;+2;2*-1. The molecular formula is C8H12MgO. The molecule has 0 aliphatic rings. The zero-order valence-corrected chi connectivity index (χ0v) is 7.84. The van der Waals surface area contributed by atoms with E-state index in [1.54, 1.807) is 7.11 Å². The van der Waals surface area contributed by atoms with E-state index >= 15 is 0 Å². The summed E-state index contributed by atoms with van der Waals surface area (Å²) in [5, 5.41) is 0. The van der Waals surface area contributed by atoms with Crippen molar-refractivity contribution in [1.82, 2.24) is 0 Å². The van der Waals surface area contributed by atoms with Gasteiger partial charge in [-0.1, -0.05) is 18.2 Å². The molecule has 0 unspecified atom stereocenters. The molecule has 52 valence electrons. The van der Waals surface area contributed by atoms with Gasteiger partial charge in [0.05, 0.1) is 7.11 Å². The molecule has 0 saturated carbocycles. The molecule has 1 aromatic carbocycles. The summed E-state index contributed by atoms with van der Waals surface area (Å²) in [5.74, 6) is 0.956. The number of aryl methyl sites for hydroxylation is 1. The number of hydrogen-bond donors (Lipinski definition) is 0. The van der Waals surface area contributed by atoms with Crippen molar-refractivity contribution in [2.45, 2.75) is 6.92 Å². The average Bonchev–Trinajstić information content (AvgIpc) is 1.89. The van der Waals surface area contributed by atoms with Gasteiger partial charge in [0.15, 0.2) is 0 Å². The molecule has 1 rings (SSSR count). The molecule has 0 atom stereocenters. The molecule has 1 nitrogen and oxygen atoms in total. The fraction of sp³-hybridized carbons (Fsp3) is 0.250. The summed E-state index contributed by atoms with van der Waals surface area (Å²) in [5.41, 5.74) is 1.18. The van der Waals surface area contributed by atoms with E-state index in [4.69, 9.17) is 4.74 Å². The summed E-state index contributed by atoms with van der Waals surface area (Å²) in [6.45, 7) is 2.03. The van der Waals surface area contributed by atoms with Gasteiger partial charge >= 0.3 is 23.1 Å². The molecule has 0 N–H and O–H groups in total. The second-order valence-electron chi connectivity index (χ2n) is 1.97. The first-order valence-corrected chi connectivity index (χ1v) is 2.94. The van der Waals surface area contributed by atoms with Crippen LogP contribution in [0.5, 0.6) is 5.75 Å². The minimum absolute atomic E-state index is 0. The predicted octanol–water partition coefficient (Wildman–Crippen LogP) is 1.85. The molecule has 1 aromatic rings. The Morgan fingerprint density at radius 1 is 1.30 bits per heavy atom. The Morgan fingerprint density at radius 3 is 2.30 bits per heavy atom. The van der Waals surface area contributed by atoms with Crippen LogP contribution in [0, 0.1) is 6.92 Å². The zero-order valence-electron chi connectivity index (χ0n) is 8.42. The van der Waals surface area contributed by atoms with Gasteiger partial charge in [-0.15, -0.1) is 0 Å². The van der Waals surface area contributed by atoms with Gasteiger partial charge < -0.3 is 7.59 Å². The molecule has 0 aliphatic heterocycles. The second-order valence-corrected chi connectivity index (χ2v) is 1.97. The van der Waals surface area contributed by atoms with Gasteiger partial charge in [-0.25, -0.2) is 0 Å². The molecular weight excluding hydrogens is 136 g/mol. The Balaban J connectivity index is -0.000000270. The van der Waals surface area contributed by atoms with E-state index in [0.29, 0.717) is 0 Å². The van der Waals surface area contributed by atoms with E-state index in [0.717, 1.165) is 5.75 Å². The topological polar surface area (TPSA) is 9.23 Å². The molecule has 0 aromatic heterocycles. The Labute approximate surface area is 80.5 Å². The SMILES string of the molecule is COc1ccccc1C.[H-].[H-].[Mg+2]. The number of para-hydroxylation sites is 1. The third-order valence-corrected chi connectivity index (χ3v) is 1.31. The molecule has 0 fully saturated rings. The van der Waals surface area contributed by atoms with Crippen LogP contribution in [0.15, 0.2) is 24.3 Å². The Bertz CT molecular complexity index is 206. The fourth-order valence-corrected chi connectivity index (χ4v) is 0.785. The molecule has 0 bridgehead atoms. The number of hydrogen-bond acceptors (Lipinski definition) is 1. The van der Waals surface area contributed by atoms with Gasteiger partial charge in [-0.05, 0) is 18.6 Å². The van der Waals surface area contributed by atoms with E-state index in [1.807, 2.05) is 31.2 Å². The van der Waals surface area contributed by atoms with Crippen LogP contribution >= 0.6 is 0 Å². The first-order valence-electron chi connectivity index (χ1n) is 2.94. The van der Waals surface area contributed by atoms with Crippen LogP contribution in [-0.4, -0.2) is 30.2 Å². The van der Waals surface area contributed by atoms with Crippen molar-refractivity contribution in [1.29, 1.82) is 0 Å². The smallest absolute Gasteiger partial charge is 1.00 e. The van der Waals surface area contributed by atoms with Crippen LogP contribution in [0.25, 0.3) is 0 Å². The van der Waals surface area contributed by atoms with Gasteiger partial charge in [0.25, 0.3) is 0 Å². The number of benzene rings is 1. The third-order valence-electron chi connectivity index (χ3n) is 1.31. The molecule has 10 heavy (non-hydrogen) atoms. The van der Waals surface area contributed by atoms with Crippen LogP contribution in [0.3, 0.4) is 0 Å². The summed E-state index contributed by atoms with van der Waals surface area (Å²) in [4.78, 5) is 0. The first-order chi connectivity index (χ1) is 4.34. The molecule has 0 aliphatic carbocycles. The maximum atomic E-state index is 5.04. The number of methoxy groups -OCH3 is 1. The van der Waals surface area contributed by atoms with E-state index < -0.39 is 0 Å². The third kappa shape index (κ3) is 2.19. The van der Waals surface area contributed by atoms with Crippen molar-refractivity contribution in [3.05, 3.63) is 29.8 Å². The van der Waals surface area contributed by atoms with E-state index in [1.165, 1.54) is 5.56 Å². The maximum absolute atomic E-state index is 5.04. The number of rotatable bonds is 1. The second kappa shape index (κ2) is 4.58. The monoisotopic (exact) mass is 148 g/mol. The average molecular weight is 148 g/mol. The van der Waals surface area contributed by atoms with E-state index in [2.05, 4.69) is 0 Å². The van der Waals surface area contributed by atoms with Crippen LogP contribution in [0.4, 0.5) is 0 Å². The molecule has 0 spiro atoms. The Hall–Kier alpha value is -0.214. The summed E-state index contributed by atoms with van der Waals surface area (Å²) in [6, 6.07) is 7.94. The minimum Gasteiger partial charge on any atom is -1.00 e. The fourth-order valence-electron chi connectivity index (χ4n) is 0.785.